The summed E-state index contributed by atoms with van der Waals surface area (Å²) in [4.78, 5) is 21.0. The van der Waals surface area contributed by atoms with E-state index in [1.165, 1.54) is 12.1 Å². The van der Waals surface area contributed by atoms with E-state index in [4.69, 9.17) is 5.11 Å². The van der Waals surface area contributed by atoms with Gasteiger partial charge in [-0.05, 0) is 30.7 Å². The number of halogens is 1. The normalized spacial score (nSPS) is 10.2. The molecule has 0 fully saturated rings. The Balaban J connectivity index is 2.44. The number of carbonyl (C=O) groups is 1. The summed E-state index contributed by atoms with van der Waals surface area (Å²) in [6, 6.07) is 8.02. The van der Waals surface area contributed by atoms with E-state index in [0.29, 0.717) is 5.56 Å². The zero-order valence-electron chi connectivity index (χ0n) is 11.0. The quantitative estimate of drug-likeness (QED) is 0.664. The van der Waals surface area contributed by atoms with Gasteiger partial charge in [-0.15, -0.1) is 0 Å². The number of para-hydroxylation sites is 1. The van der Waals surface area contributed by atoms with Crippen molar-refractivity contribution in [2.75, 3.05) is 5.32 Å². The van der Waals surface area contributed by atoms with Gasteiger partial charge in [-0.3, -0.25) is 10.1 Å². The summed E-state index contributed by atoms with van der Waals surface area (Å²) in [5.41, 5.74) is 0.0760. The van der Waals surface area contributed by atoms with Crippen LogP contribution in [0.4, 0.5) is 21.5 Å². The lowest BCUT2D eigenvalue weighted by atomic mass is 10.1. The molecule has 0 radical (unpaired) electrons. The highest BCUT2D eigenvalue weighted by molar-refractivity contribution is 5.93. The van der Waals surface area contributed by atoms with Gasteiger partial charge in [0.15, 0.2) is 0 Å². The number of hydrogen-bond donors (Lipinski definition) is 2. The molecule has 6 nitrogen and oxygen atoms in total. The number of nitrogens with one attached hydrogen (secondary N) is 1. The van der Waals surface area contributed by atoms with Crippen molar-refractivity contribution in [3.8, 4) is 0 Å². The monoisotopic (exact) mass is 290 g/mol. The Morgan fingerprint density at radius 3 is 2.62 bits per heavy atom. The van der Waals surface area contributed by atoms with E-state index in [1.54, 1.807) is 19.1 Å². The second kappa shape index (κ2) is 5.58. The number of benzene rings is 2. The molecule has 21 heavy (non-hydrogen) atoms. The third kappa shape index (κ3) is 2.97. The molecule has 0 amide bonds. The van der Waals surface area contributed by atoms with Crippen LogP contribution in [0, 0.1) is 22.9 Å². The van der Waals surface area contributed by atoms with Crippen LogP contribution < -0.4 is 5.32 Å². The maximum atomic E-state index is 13.7. The molecule has 0 atom stereocenters. The summed E-state index contributed by atoms with van der Waals surface area (Å²) in [6.45, 7) is 1.69. The van der Waals surface area contributed by atoms with Crippen LogP contribution in [0.1, 0.15) is 15.9 Å². The fourth-order valence-electron chi connectivity index (χ4n) is 1.88. The van der Waals surface area contributed by atoms with Crippen LogP contribution >= 0.6 is 0 Å². The van der Waals surface area contributed by atoms with Gasteiger partial charge in [0.25, 0.3) is 5.69 Å². The SMILES string of the molecule is Cc1cccc(F)c1Nc1ccc(C(=O)O)c([N+](=O)[O-])c1. The topological polar surface area (TPSA) is 92.5 Å². The summed E-state index contributed by atoms with van der Waals surface area (Å²) >= 11 is 0. The van der Waals surface area contributed by atoms with Crippen LogP contribution in [0.5, 0.6) is 0 Å². The highest BCUT2D eigenvalue weighted by Crippen LogP contribution is 2.28. The van der Waals surface area contributed by atoms with E-state index in [1.807, 2.05) is 0 Å². The Morgan fingerprint density at radius 1 is 1.33 bits per heavy atom. The van der Waals surface area contributed by atoms with Crippen LogP contribution in [-0.4, -0.2) is 16.0 Å². The van der Waals surface area contributed by atoms with Crippen molar-refractivity contribution in [3.05, 3.63) is 63.5 Å². The first-order valence-electron chi connectivity index (χ1n) is 5.94. The minimum absolute atomic E-state index is 0.190. The third-order valence-corrected chi connectivity index (χ3v) is 2.92. The molecule has 0 spiro atoms. The molecule has 0 aromatic heterocycles. The molecule has 2 rings (SSSR count). The molecule has 108 valence electrons. The number of carboxylic acids is 1. The Labute approximate surface area is 119 Å². The van der Waals surface area contributed by atoms with Gasteiger partial charge in [0, 0.05) is 11.8 Å². The van der Waals surface area contributed by atoms with Gasteiger partial charge < -0.3 is 10.4 Å². The van der Waals surface area contributed by atoms with E-state index in [-0.39, 0.29) is 11.4 Å². The van der Waals surface area contributed by atoms with Crippen molar-refractivity contribution in [1.82, 2.24) is 0 Å². The molecule has 0 aliphatic carbocycles. The lowest BCUT2D eigenvalue weighted by Gasteiger charge is -2.11. The number of hydrogen-bond acceptors (Lipinski definition) is 4. The number of aryl methyl sites for hydroxylation is 1. The second-order valence-electron chi connectivity index (χ2n) is 4.35. The van der Waals surface area contributed by atoms with Gasteiger partial charge in [-0.2, -0.15) is 0 Å². The van der Waals surface area contributed by atoms with Crippen LogP contribution in [0.3, 0.4) is 0 Å². The molecule has 0 aliphatic heterocycles. The Bertz CT molecular complexity index is 711. The van der Waals surface area contributed by atoms with Crippen molar-refractivity contribution in [2.24, 2.45) is 0 Å². The highest BCUT2D eigenvalue weighted by atomic mass is 19.1. The zero-order valence-corrected chi connectivity index (χ0v) is 11.0. The summed E-state index contributed by atoms with van der Waals surface area (Å²) in [5.74, 6) is -1.89. The average molecular weight is 290 g/mol. The Hall–Kier alpha value is -2.96. The maximum absolute atomic E-state index is 13.7. The Kier molecular flexibility index (Phi) is 3.84. The standard InChI is InChI=1S/C14H11FN2O4/c1-8-3-2-4-11(15)13(8)16-9-5-6-10(14(18)19)12(7-9)17(20)21/h2-7,16H,1H3,(H,18,19). The van der Waals surface area contributed by atoms with Crippen molar-refractivity contribution < 1.29 is 19.2 Å². The number of nitro groups is 1. The summed E-state index contributed by atoms with van der Waals surface area (Å²) in [5, 5.41) is 22.5. The first kappa shape index (κ1) is 14.4. The van der Waals surface area contributed by atoms with Crippen LogP contribution in [0.15, 0.2) is 36.4 Å². The van der Waals surface area contributed by atoms with E-state index >= 15 is 0 Å². The predicted octanol–water partition coefficient (Wildman–Crippen LogP) is 3.48. The number of aromatic carboxylic acids is 1. The number of carboxylic acid groups (broad SMARTS) is 1. The lowest BCUT2D eigenvalue weighted by Crippen LogP contribution is -2.04. The average Bonchev–Trinajstić information content (AvgIpc) is 2.42. The summed E-state index contributed by atoms with van der Waals surface area (Å²) < 4.78 is 13.7. The maximum Gasteiger partial charge on any atom is 0.342 e. The molecular weight excluding hydrogens is 279 g/mol. The molecule has 0 heterocycles. The van der Waals surface area contributed by atoms with E-state index < -0.39 is 28.0 Å². The molecule has 0 saturated carbocycles. The first-order chi connectivity index (χ1) is 9.90. The number of nitrogens with zero attached hydrogens (tertiary/aromatic N) is 1. The molecule has 7 heteroatoms. The predicted molar refractivity (Wildman–Crippen MR) is 74.5 cm³/mol. The molecule has 0 saturated heterocycles. The van der Waals surface area contributed by atoms with Crippen molar-refractivity contribution in [3.63, 3.8) is 0 Å². The number of nitro benzene ring substituents is 1. The van der Waals surface area contributed by atoms with Crippen LogP contribution in [-0.2, 0) is 0 Å². The smallest absolute Gasteiger partial charge is 0.342 e. The molecular formula is C14H11FN2O4. The third-order valence-electron chi connectivity index (χ3n) is 2.92. The fraction of sp³-hybridized carbons (Fsp3) is 0.0714. The second-order valence-corrected chi connectivity index (χ2v) is 4.35. The number of anilines is 2. The Morgan fingerprint density at radius 2 is 2.05 bits per heavy atom. The molecule has 0 bridgehead atoms. The molecule has 2 aromatic carbocycles. The molecule has 2 aromatic rings. The van der Waals surface area contributed by atoms with Crippen molar-refractivity contribution in [2.45, 2.75) is 6.92 Å². The van der Waals surface area contributed by atoms with Gasteiger partial charge in [0.1, 0.15) is 11.4 Å². The lowest BCUT2D eigenvalue weighted by molar-refractivity contribution is -0.385. The first-order valence-corrected chi connectivity index (χ1v) is 5.94. The van der Waals surface area contributed by atoms with E-state index in [2.05, 4.69) is 5.32 Å². The van der Waals surface area contributed by atoms with Gasteiger partial charge >= 0.3 is 5.97 Å². The minimum Gasteiger partial charge on any atom is -0.477 e. The van der Waals surface area contributed by atoms with Gasteiger partial charge in [0.05, 0.1) is 10.6 Å². The van der Waals surface area contributed by atoms with Gasteiger partial charge in [0.2, 0.25) is 0 Å². The zero-order chi connectivity index (χ0) is 15.6. The fourth-order valence-corrected chi connectivity index (χ4v) is 1.88. The highest BCUT2D eigenvalue weighted by Gasteiger charge is 2.20. The van der Waals surface area contributed by atoms with Crippen LogP contribution in [0.2, 0.25) is 0 Å². The van der Waals surface area contributed by atoms with E-state index in [0.717, 1.165) is 12.1 Å². The minimum atomic E-state index is -1.39. The van der Waals surface area contributed by atoms with Crippen molar-refractivity contribution >= 4 is 23.0 Å². The van der Waals surface area contributed by atoms with Gasteiger partial charge in [-0.25, -0.2) is 9.18 Å². The van der Waals surface area contributed by atoms with Gasteiger partial charge in [-0.1, -0.05) is 12.1 Å². The summed E-state index contributed by atoms with van der Waals surface area (Å²) in [6.07, 6.45) is 0. The van der Waals surface area contributed by atoms with E-state index in [9.17, 15) is 19.3 Å². The summed E-state index contributed by atoms with van der Waals surface area (Å²) in [7, 11) is 0. The molecule has 0 aliphatic rings. The number of rotatable bonds is 4. The molecule has 0 unspecified atom stereocenters. The largest absolute Gasteiger partial charge is 0.477 e. The van der Waals surface area contributed by atoms with Crippen LogP contribution in [0.25, 0.3) is 0 Å². The van der Waals surface area contributed by atoms with Crippen molar-refractivity contribution in [1.29, 1.82) is 0 Å². The molecule has 2 N–H and O–H groups in total.